The topological polar surface area (TPSA) is 95.5 Å². The lowest BCUT2D eigenvalue weighted by atomic mass is 10.2. The summed E-state index contributed by atoms with van der Waals surface area (Å²) in [4.78, 5) is 34.5. The fourth-order valence-corrected chi connectivity index (χ4v) is 2.61. The van der Waals surface area contributed by atoms with Crippen molar-refractivity contribution >= 4 is 34.1 Å². The van der Waals surface area contributed by atoms with Gasteiger partial charge in [-0.05, 0) is 18.9 Å². The lowest BCUT2D eigenvalue weighted by molar-refractivity contribution is -0.137. The summed E-state index contributed by atoms with van der Waals surface area (Å²) < 4.78 is 0. The minimum absolute atomic E-state index is 0.0165. The molecule has 0 aliphatic carbocycles. The van der Waals surface area contributed by atoms with Gasteiger partial charge >= 0.3 is 5.97 Å². The predicted octanol–water partition coefficient (Wildman–Crippen LogP) is 1.86. The van der Waals surface area contributed by atoms with Crippen LogP contribution in [0, 0.1) is 0 Å². The molecule has 3 N–H and O–H groups in total. The Balaban J connectivity index is 2.68. The standard InChI is InChI=1S/C13H18N2O4S/c1-3-9-7-10(13(20-9)15-8(2)16)12(19)14-6-4-5-11(17)18/h7H,3-6H2,1-2H3,(H,14,19)(H,15,16)(H,17,18). The van der Waals surface area contributed by atoms with Crippen molar-refractivity contribution in [1.82, 2.24) is 5.32 Å². The lowest BCUT2D eigenvalue weighted by Crippen LogP contribution is -2.25. The average molecular weight is 298 g/mol. The Hall–Kier alpha value is -1.89. The normalized spacial score (nSPS) is 10.1. The molecule has 0 bridgehead atoms. The molecule has 2 amide bonds. The molecule has 0 fully saturated rings. The highest BCUT2D eigenvalue weighted by atomic mass is 32.1. The molecule has 0 aromatic carbocycles. The number of amides is 2. The molecule has 0 saturated carbocycles. The van der Waals surface area contributed by atoms with E-state index in [0.717, 1.165) is 11.3 Å². The minimum Gasteiger partial charge on any atom is -0.481 e. The molecule has 0 radical (unpaired) electrons. The van der Waals surface area contributed by atoms with Gasteiger partial charge in [-0.3, -0.25) is 14.4 Å². The number of hydrogen-bond donors (Lipinski definition) is 3. The van der Waals surface area contributed by atoms with E-state index in [4.69, 9.17) is 5.11 Å². The number of aliphatic carboxylic acids is 1. The molecule has 0 unspecified atom stereocenters. The van der Waals surface area contributed by atoms with Gasteiger partial charge in [0.15, 0.2) is 0 Å². The fourth-order valence-electron chi connectivity index (χ4n) is 1.57. The average Bonchev–Trinajstić information content (AvgIpc) is 2.76. The van der Waals surface area contributed by atoms with Gasteiger partial charge in [0.2, 0.25) is 5.91 Å². The molecule has 1 heterocycles. The summed E-state index contributed by atoms with van der Waals surface area (Å²) in [5.74, 6) is -1.41. The number of anilines is 1. The molecule has 1 aromatic rings. The predicted molar refractivity (Wildman–Crippen MR) is 77.2 cm³/mol. The van der Waals surface area contributed by atoms with Crippen molar-refractivity contribution in [3.05, 3.63) is 16.5 Å². The number of nitrogens with one attached hydrogen (secondary N) is 2. The summed E-state index contributed by atoms with van der Waals surface area (Å²) in [6, 6.07) is 1.75. The third-order valence-electron chi connectivity index (χ3n) is 2.52. The Labute approximate surface area is 121 Å². The largest absolute Gasteiger partial charge is 0.481 e. The maximum absolute atomic E-state index is 12.0. The van der Waals surface area contributed by atoms with Crippen LogP contribution in [0.1, 0.15) is 41.9 Å². The highest BCUT2D eigenvalue weighted by molar-refractivity contribution is 7.16. The van der Waals surface area contributed by atoms with Gasteiger partial charge in [-0.2, -0.15) is 0 Å². The Kier molecular flexibility index (Phi) is 6.17. The fraction of sp³-hybridized carbons (Fsp3) is 0.462. The second kappa shape index (κ2) is 7.64. The van der Waals surface area contributed by atoms with E-state index in [9.17, 15) is 14.4 Å². The zero-order valence-corrected chi connectivity index (χ0v) is 12.3. The smallest absolute Gasteiger partial charge is 0.303 e. The van der Waals surface area contributed by atoms with Gasteiger partial charge in [0.25, 0.3) is 5.91 Å². The van der Waals surface area contributed by atoms with Crippen molar-refractivity contribution in [3.63, 3.8) is 0 Å². The van der Waals surface area contributed by atoms with Gasteiger partial charge in [0, 0.05) is 24.8 Å². The summed E-state index contributed by atoms with van der Waals surface area (Å²) in [6.07, 6.45) is 1.17. The molecule has 7 heteroatoms. The Morgan fingerprint density at radius 3 is 2.60 bits per heavy atom. The first kappa shape index (κ1) is 16.2. The van der Waals surface area contributed by atoms with Crippen LogP contribution in [0.25, 0.3) is 0 Å². The van der Waals surface area contributed by atoms with Crippen LogP contribution in [0.5, 0.6) is 0 Å². The highest BCUT2D eigenvalue weighted by Gasteiger charge is 2.16. The van der Waals surface area contributed by atoms with Crippen LogP contribution in [-0.2, 0) is 16.0 Å². The third kappa shape index (κ3) is 5.00. The monoisotopic (exact) mass is 298 g/mol. The Bertz CT molecular complexity index is 510. The van der Waals surface area contributed by atoms with E-state index in [1.165, 1.54) is 18.3 Å². The summed E-state index contributed by atoms with van der Waals surface area (Å²) in [5.41, 5.74) is 0.428. The van der Waals surface area contributed by atoms with Gasteiger partial charge in [-0.1, -0.05) is 6.92 Å². The maximum atomic E-state index is 12.0. The molecule has 6 nitrogen and oxygen atoms in total. The number of aryl methyl sites for hydroxylation is 1. The van der Waals surface area contributed by atoms with Gasteiger partial charge in [0.1, 0.15) is 5.00 Å². The van der Waals surface area contributed by atoms with Crippen molar-refractivity contribution < 1.29 is 19.5 Å². The molecular weight excluding hydrogens is 280 g/mol. The summed E-state index contributed by atoms with van der Waals surface area (Å²) in [5, 5.41) is 14.3. The minimum atomic E-state index is -0.887. The number of thiophene rings is 1. The van der Waals surface area contributed by atoms with Crippen molar-refractivity contribution in [2.45, 2.75) is 33.1 Å². The lowest BCUT2D eigenvalue weighted by Gasteiger charge is -2.05. The Morgan fingerprint density at radius 1 is 1.35 bits per heavy atom. The SMILES string of the molecule is CCc1cc(C(=O)NCCCC(=O)O)c(NC(C)=O)s1. The molecule has 0 spiro atoms. The number of carboxylic acid groups (broad SMARTS) is 1. The van der Waals surface area contributed by atoms with Crippen LogP contribution in [0.3, 0.4) is 0 Å². The number of rotatable bonds is 7. The van der Waals surface area contributed by atoms with E-state index in [-0.39, 0.29) is 18.2 Å². The number of hydrogen-bond acceptors (Lipinski definition) is 4. The number of carboxylic acids is 1. The van der Waals surface area contributed by atoms with Gasteiger partial charge in [0.05, 0.1) is 5.56 Å². The van der Waals surface area contributed by atoms with Crippen molar-refractivity contribution in [2.75, 3.05) is 11.9 Å². The van der Waals surface area contributed by atoms with Crippen LogP contribution in [0.15, 0.2) is 6.07 Å². The van der Waals surface area contributed by atoms with E-state index in [1.54, 1.807) is 6.07 Å². The summed E-state index contributed by atoms with van der Waals surface area (Å²) in [7, 11) is 0. The van der Waals surface area contributed by atoms with Crippen molar-refractivity contribution in [2.24, 2.45) is 0 Å². The number of carbonyl (C=O) groups is 3. The van der Waals surface area contributed by atoms with Crippen LogP contribution >= 0.6 is 11.3 Å². The zero-order chi connectivity index (χ0) is 15.1. The first-order valence-corrected chi connectivity index (χ1v) is 7.16. The summed E-state index contributed by atoms with van der Waals surface area (Å²) >= 11 is 1.37. The van der Waals surface area contributed by atoms with Crippen molar-refractivity contribution in [1.29, 1.82) is 0 Å². The van der Waals surface area contributed by atoms with Crippen LogP contribution in [0.4, 0.5) is 5.00 Å². The van der Waals surface area contributed by atoms with Crippen LogP contribution in [-0.4, -0.2) is 29.4 Å². The zero-order valence-electron chi connectivity index (χ0n) is 11.5. The highest BCUT2D eigenvalue weighted by Crippen LogP contribution is 2.28. The molecule has 20 heavy (non-hydrogen) atoms. The van der Waals surface area contributed by atoms with Gasteiger partial charge in [-0.25, -0.2) is 0 Å². The van der Waals surface area contributed by atoms with E-state index >= 15 is 0 Å². The van der Waals surface area contributed by atoms with E-state index in [1.807, 2.05) is 6.92 Å². The molecule has 0 atom stereocenters. The first-order valence-electron chi connectivity index (χ1n) is 6.34. The molecule has 1 rings (SSSR count). The molecular formula is C13H18N2O4S. The van der Waals surface area contributed by atoms with E-state index in [0.29, 0.717) is 23.5 Å². The molecule has 1 aromatic heterocycles. The molecule has 0 aliphatic rings. The third-order valence-corrected chi connectivity index (χ3v) is 3.71. The maximum Gasteiger partial charge on any atom is 0.303 e. The second-order valence-corrected chi connectivity index (χ2v) is 5.38. The molecule has 0 saturated heterocycles. The second-order valence-electron chi connectivity index (χ2n) is 4.24. The van der Waals surface area contributed by atoms with Crippen molar-refractivity contribution in [3.8, 4) is 0 Å². The van der Waals surface area contributed by atoms with E-state index in [2.05, 4.69) is 10.6 Å². The summed E-state index contributed by atoms with van der Waals surface area (Å²) in [6.45, 7) is 3.65. The van der Waals surface area contributed by atoms with Gasteiger partial charge < -0.3 is 15.7 Å². The van der Waals surface area contributed by atoms with Gasteiger partial charge in [-0.15, -0.1) is 11.3 Å². The van der Waals surface area contributed by atoms with E-state index < -0.39 is 5.97 Å². The van der Waals surface area contributed by atoms with Crippen LogP contribution < -0.4 is 10.6 Å². The quantitative estimate of drug-likeness (QED) is 0.670. The Morgan fingerprint density at radius 2 is 2.05 bits per heavy atom. The molecule has 110 valence electrons. The number of carbonyl (C=O) groups excluding carboxylic acids is 2. The molecule has 0 aliphatic heterocycles. The van der Waals surface area contributed by atoms with Crippen LogP contribution in [0.2, 0.25) is 0 Å². The first-order chi connectivity index (χ1) is 9.43.